The van der Waals surface area contributed by atoms with Crippen LogP contribution < -0.4 is 5.32 Å². The third-order valence-electron chi connectivity index (χ3n) is 3.09. The fourth-order valence-corrected chi connectivity index (χ4v) is 2.01. The van der Waals surface area contributed by atoms with E-state index in [1.54, 1.807) is 6.20 Å². The van der Waals surface area contributed by atoms with Crippen LogP contribution in [0.25, 0.3) is 5.69 Å². The first kappa shape index (κ1) is 13.9. The first-order valence-electron chi connectivity index (χ1n) is 6.88. The number of hydrogen-bond donors (Lipinski definition) is 1. The van der Waals surface area contributed by atoms with Crippen LogP contribution in [0.15, 0.2) is 49.1 Å². The molecule has 0 saturated carbocycles. The SMILES string of the molecule is O=C(Cn1cnnn1)NCCc1cnn(-c2ccccc2)c1. The van der Waals surface area contributed by atoms with Gasteiger partial charge >= 0.3 is 0 Å². The molecule has 1 aromatic carbocycles. The first-order chi connectivity index (χ1) is 10.8. The zero-order chi connectivity index (χ0) is 15.2. The van der Waals surface area contributed by atoms with Gasteiger partial charge in [0.05, 0.1) is 11.9 Å². The Morgan fingerprint density at radius 2 is 2.09 bits per heavy atom. The van der Waals surface area contributed by atoms with Gasteiger partial charge in [0.25, 0.3) is 0 Å². The van der Waals surface area contributed by atoms with Gasteiger partial charge in [0.15, 0.2) is 0 Å². The Balaban J connectivity index is 1.48. The van der Waals surface area contributed by atoms with Crippen molar-refractivity contribution in [2.45, 2.75) is 13.0 Å². The average Bonchev–Trinajstić information content (AvgIpc) is 3.20. The summed E-state index contributed by atoms with van der Waals surface area (Å²) in [7, 11) is 0. The van der Waals surface area contributed by atoms with Gasteiger partial charge < -0.3 is 5.32 Å². The molecule has 8 nitrogen and oxygen atoms in total. The van der Waals surface area contributed by atoms with Crippen molar-refractivity contribution in [3.63, 3.8) is 0 Å². The number of benzene rings is 1. The number of carbonyl (C=O) groups is 1. The monoisotopic (exact) mass is 297 g/mol. The normalized spacial score (nSPS) is 10.5. The lowest BCUT2D eigenvalue weighted by atomic mass is 10.2. The topological polar surface area (TPSA) is 90.5 Å². The van der Waals surface area contributed by atoms with Crippen molar-refractivity contribution in [1.82, 2.24) is 35.3 Å². The van der Waals surface area contributed by atoms with E-state index in [9.17, 15) is 4.79 Å². The number of tetrazole rings is 1. The Morgan fingerprint density at radius 3 is 2.86 bits per heavy atom. The van der Waals surface area contributed by atoms with Crippen LogP contribution in [-0.4, -0.2) is 42.4 Å². The third-order valence-corrected chi connectivity index (χ3v) is 3.09. The zero-order valence-electron chi connectivity index (χ0n) is 11.8. The van der Waals surface area contributed by atoms with Crippen LogP contribution in [0.1, 0.15) is 5.56 Å². The molecular formula is C14H15N7O. The largest absolute Gasteiger partial charge is 0.354 e. The van der Waals surface area contributed by atoms with E-state index in [0.717, 1.165) is 11.3 Å². The Hall–Kier alpha value is -3.03. The molecule has 0 fully saturated rings. The van der Waals surface area contributed by atoms with Crippen molar-refractivity contribution in [3.8, 4) is 5.69 Å². The summed E-state index contributed by atoms with van der Waals surface area (Å²) < 4.78 is 3.20. The highest BCUT2D eigenvalue weighted by atomic mass is 16.2. The van der Waals surface area contributed by atoms with Gasteiger partial charge in [-0.1, -0.05) is 18.2 Å². The molecule has 3 rings (SSSR count). The summed E-state index contributed by atoms with van der Waals surface area (Å²) in [4.78, 5) is 11.7. The lowest BCUT2D eigenvalue weighted by molar-refractivity contribution is -0.121. The second-order valence-electron chi connectivity index (χ2n) is 4.74. The summed E-state index contributed by atoms with van der Waals surface area (Å²) in [5, 5.41) is 17.7. The van der Waals surface area contributed by atoms with Crippen LogP contribution in [0.2, 0.25) is 0 Å². The summed E-state index contributed by atoms with van der Waals surface area (Å²) in [5.41, 5.74) is 2.07. The summed E-state index contributed by atoms with van der Waals surface area (Å²) in [6, 6.07) is 9.88. The van der Waals surface area contributed by atoms with Crippen molar-refractivity contribution in [3.05, 3.63) is 54.6 Å². The van der Waals surface area contributed by atoms with Crippen LogP contribution >= 0.6 is 0 Å². The van der Waals surface area contributed by atoms with Crippen LogP contribution in [-0.2, 0) is 17.8 Å². The molecule has 112 valence electrons. The van der Waals surface area contributed by atoms with E-state index in [2.05, 4.69) is 25.9 Å². The fourth-order valence-electron chi connectivity index (χ4n) is 2.01. The van der Waals surface area contributed by atoms with E-state index >= 15 is 0 Å². The molecule has 22 heavy (non-hydrogen) atoms. The average molecular weight is 297 g/mol. The maximum absolute atomic E-state index is 11.7. The number of nitrogens with zero attached hydrogens (tertiary/aromatic N) is 6. The molecule has 0 radical (unpaired) electrons. The second kappa shape index (κ2) is 6.61. The highest BCUT2D eigenvalue weighted by Gasteiger charge is 2.04. The van der Waals surface area contributed by atoms with Gasteiger partial charge in [0, 0.05) is 12.7 Å². The quantitative estimate of drug-likeness (QED) is 0.703. The molecule has 2 aromatic heterocycles. The highest BCUT2D eigenvalue weighted by molar-refractivity contribution is 5.75. The molecule has 0 unspecified atom stereocenters. The second-order valence-corrected chi connectivity index (χ2v) is 4.74. The van der Waals surface area contributed by atoms with Gasteiger partial charge in [0.2, 0.25) is 5.91 Å². The fraction of sp³-hybridized carbons (Fsp3) is 0.214. The van der Waals surface area contributed by atoms with Crippen LogP contribution in [0.4, 0.5) is 0 Å². The van der Waals surface area contributed by atoms with E-state index in [-0.39, 0.29) is 12.5 Å². The standard InChI is InChI=1S/C14H15N7O/c22-14(10-20-11-16-18-19-20)15-7-6-12-8-17-21(9-12)13-4-2-1-3-5-13/h1-5,8-9,11H,6-7,10H2,(H,15,22). The predicted molar refractivity (Wildman–Crippen MR) is 78.1 cm³/mol. The third kappa shape index (κ3) is 3.54. The molecule has 0 aliphatic carbocycles. The molecule has 0 spiro atoms. The Kier molecular flexibility index (Phi) is 4.19. The number of carbonyl (C=O) groups excluding carboxylic acids is 1. The maximum Gasteiger partial charge on any atom is 0.241 e. The molecular weight excluding hydrogens is 282 g/mol. The molecule has 0 saturated heterocycles. The molecule has 8 heteroatoms. The maximum atomic E-state index is 11.7. The van der Waals surface area contributed by atoms with Crippen LogP contribution in [0.5, 0.6) is 0 Å². The molecule has 0 bridgehead atoms. The predicted octanol–water partition coefficient (Wildman–Crippen LogP) is 0.218. The van der Waals surface area contributed by atoms with Gasteiger partial charge in [0.1, 0.15) is 12.9 Å². The smallest absolute Gasteiger partial charge is 0.241 e. The minimum Gasteiger partial charge on any atom is -0.354 e. The van der Waals surface area contributed by atoms with Crippen molar-refractivity contribution >= 4 is 5.91 Å². The molecule has 0 aliphatic heterocycles. The van der Waals surface area contributed by atoms with E-state index in [1.807, 2.05) is 41.2 Å². The molecule has 1 N–H and O–H groups in total. The molecule has 3 aromatic rings. The van der Waals surface area contributed by atoms with Gasteiger partial charge in [-0.3, -0.25) is 4.79 Å². The van der Waals surface area contributed by atoms with Gasteiger partial charge in [-0.25, -0.2) is 9.36 Å². The summed E-state index contributed by atoms with van der Waals surface area (Å²) in [6.45, 7) is 0.664. The van der Waals surface area contributed by atoms with E-state index in [0.29, 0.717) is 13.0 Å². The van der Waals surface area contributed by atoms with Gasteiger partial charge in [-0.05, 0) is 34.5 Å². The lowest BCUT2D eigenvalue weighted by Crippen LogP contribution is -2.29. The summed E-state index contributed by atoms with van der Waals surface area (Å²) in [6.07, 6.45) is 5.89. The summed E-state index contributed by atoms with van der Waals surface area (Å²) in [5.74, 6) is -0.122. The van der Waals surface area contributed by atoms with Crippen LogP contribution in [0.3, 0.4) is 0 Å². The van der Waals surface area contributed by atoms with Crippen molar-refractivity contribution in [2.75, 3.05) is 6.54 Å². The van der Waals surface area contributed by atoms with E-state index in [1.165, 1.54) is 11.0 Å². The molecule has 2 heterocycles. The zero-order valence-corrected chi connectivity index (χ0v) is 11.8. The highest BCUT2D eigenvalue weighted by Crippen LogP contribution is 2.07. The lowest BCUT2D eigenvalue weighted by Gasteiger charge is -2.03. The number of rotatable bonds is 6. The van der Waals surface area contributed by atoms with Crippen LogP contribution in [0, 0.1) is 0 Å². The van der Waals surface area contributed by atoms with Gasteiger partial charge in [-0.2, -0.15) is 5.10 Å². The summed E-state index contributed by atoms with van der Waals surface area (Å²) >= 11 is 0. The van der Waals surface area contributed by atoms with Crippen molar-refractivity contribution < 1.29 is 4.79 Å². The van der Waals surface area contributed by atoms with Crippen molar-refractivity contribution in [2.24, 2.45) is 0 Å². The van der Waals surface area contributed by atoms with Crippen molar-refractivity contribution in [1.29, 1.82) is 0 Å². The van der Waals surface area contributed by atoms with E-state index in [4.69, 9.17) is 0 Å². The number of amides is 1. The Labute approximate surface area is 126 Å². The number of para-hydroxylation sites is 1. The number of aromatic nitrogens is 6. The Bertz CT molecular complexity index is 721. The van der Waals surface area contributed by atoms with E-state index < -0.39 is 0 Å². The molecule has 0 aliphatic rings. The molecule has 0 atom stereocenters. The number of hydrogen-bond acceptors (Lipinski definition) is 5. The minimum absolute atomic E-state index is 0.121. The number of nitrogens with one attached hydrogen (secondary N) is 1. The van der Waals surface area contributed by atoms with Gasteiger partial charge in [-0.15, -0.1) is 5.10 Å². The molecule has 1 amide bonds. The minimum atomic E-state index is -0.122. The first-order valence-corrected chi connectivity index (χ1v) is 6.88. The Morgan fingerprint density at radius 1 is 1.23 bits per heavy atom.